The Hall–Kier alpha value is -3.99. The molecule has 1 aliphatic heterocycles. The second-order valence-electron chi connectivity index (χ2n) is 8.30. The van der Waals surface area contributed by atoms with Gasteiger partial charge in [0.15, 0.2) is 0 Å². The molecule has 0 spiro atoms. The van der Waals surface area contributed by atoms with Gasteiger partial charge >= 0.3 is 0 Å². The van der Waals surface area contributed by atoms with Gasteiger partial charge in [0.05, 0.1) is 16.7 Å². The first-order valence-electron chi connectivity index (χ1n) is 10.7. The molecule has 2 aromatic heterocycles. The lowest BCUT2D eigenvalue weighted by molar-refractivity contribution is -0.116. The molecule has 0 aliphatic carbocycles. The Kier molecular flexibility index (Phi) is 4.28. The molecule has 3 aromatic carbocycles. The molecule has 32 heavy (non-hydrogen) atoms. The van der Waals surface area contributed by atoms with E-state index in [1.54, 1.807) is 18.3 Å². The Labute approximate surface area is 184 Å². The Morgan fingerprint density at radius 2 is 1.94 bits per heavy atom. The summed E-state index contributed by atoms with van der Waals surface area (Å²) >= 11 is 0. The van der Waals surface area contributed by atoms with Crippen molar-refractivity contribution >= 4 is 33.4 Å². The van der Waals surface area contributed by atoms with Crippen LogP contribution in [-0.2, 0) is 11.3 Å². The van der Waals surface area contributed by atoms with Crippen molar-refractivity contribution in [3.63, 3.8) is 0 Å². The van der Waals surface area contributed by atoms with Gasteiger partial charge in [-0.25, -0.2) is 4.39 Å². The molecule has 0 fully saturated rings. The van der Waals surface area contributed by atoms with Crippen LogP contribution in [0.1, 0.15) is 29.0 Å². The summed E-state index contributed by atoms with van der Waals surface area (Å²) in [5.41, 5.74) is 5.87. The smallest absolute Gasteiger partial charge is 0.225 e. The van der Waals surface area contributed by atoms with Crippen molar-refractivity contribution in [2.45, 2.75) is 18.9 Å². The van der Waals surface area contributed by atoms with Crippen LogP contribution in [0.4, 0.5) is 10.1 Å². The number of nitrogens with one attached hydrogen (secondary N) is 1. The molecule has 0 bridgehead atoms. The van der Waals surface area contributed by atoms with Gasteiger partial charge in [-0.2, -0.15) is 0 Å². The maximum Gasteiger partial charge on any atom is 0.225 e. The van der Waals surface area contributed by atoms with E-state index in [1.165, 1.54) is 6.07 Å². The van der Waals surface area contributed by atoms with Gasteiger partial charge in [-0.05, 0) is 59.2 Å². The van der Waals surface area contributed by atoms with Crippen molar-refractivity contribution < 1.29 is 9.18 Å². The van der Waals surface area contributed by atoms with E-state index in [4.69, 9.17) is 0 Å². The number of fused-ring (bicyclic) bond motifs is 1. The fourth-order valence-electron chi connectivity index (χ4n) is 4.82. The summed E-state index contributed by atoms with van der Waals surface area (Å²) in [6, 6.07) is 22.8. The molecule has 156 valence electrons. The number of nitrogens with zero attached hydrogens (tertiary/aromatic N) is 2. The molecule has 4 nitrogen and oxygen atoms in total. The lowest BCUT2D eigenvalue weighted by atomic mass is 9.88. The number of carbonyl (C=O) groups excluding carboxylic acids is 1. The largest absolute Gasteiger partial charge is 0.343 e. The zero-order valence-electron chi connectivity index (χ0n) is 17.3. The standard InChI is InChI=1S/C27H20FN3O/c28-20-6-1-4-17(12-20)15-31-16-22-21(18-9-10-23-19(13-18)5-3-11-29-23)14-26(32)30-24-7-2-8-25(31)27(22)24/h1-13,16,21H,14-15H2,(H,30,32)/t21-/m1/s1. The third kappa shape index (κ3) is 3.14. The lowest BCUT2D eigenvalue weighted by Gasteiger charge is -2.15. The van der Waals surface area contributed by atoms with Crippen molar-refractivity contribution in [1.29, 1.82) is 0 Å². The highest BCUT2D eigenvalue weighted by Crippen LogP contribution is 2.41. The molecule has 5 heteroatoms. The van der Waals surface area contributed by atoms with Crippen molar-refractivity contribution in [3.8, 4) is 0 Å². The molecule has 0 saturated heterocycles. The molecule has 0 radical (unpaired) electrons. The molecule has 6 rings (SSSR count). The average molecular weight is 421 g/mol. The van der Waals surface area contributed by atoms with Crippen molar-refractivity contribution in [2.75, 3.05) is 5.32 Å². The van der Waals surface area contributed by atoms with Crippen molar-refractivity contribution in [2.24, 2.45) is 0 Å². The van der Waals surface area contributed by atoms with Gasteiger partial charge in [-0.1, -0.05) is 30.3 Å². The number of rotatable bonds is 3. The number of hydrogen-bond acceptors (Lipinski definition) is 2. The van der Waals surface area contributed by atoms with E-state index in [1.807, 2.05) is 36.4 Å². The molecule has 1 amide bonds. The van der Waals surface area contributed by atoms with E-state index < -0.39 is 0 Å². The minimum absolute atomic E-state index is 0.00154. The third-order valence-electron chi connectivity index (χ3n) is 6.25. The molecule has 1 aliphatic rings. The Morgan fingerprint density at radius 1 is 1.03 bits per heavy atom. The van der Waals surface area contributed by atoms with Gasteiger partial charge in [-0.3, -0.25) is 9.78 Å². The zero-order chi connectivity index (χ0) is 21.7. The summed E-state index contributed by atoms with van der Waals surface area (Å²) in [5.74, 6) is -0.322. The number of pyridine rings is 1. The molecule has 1 N–H and O–H groups in total. The lowest BCUT2D eigenvalue weighted by Crippen LogP contribution is -2.14. The number of benzene rings is 3. The van der Waals surface area contributed by atoms with Crippen molar-refractivity contribution in [3.05, 3.63) is 108 Å². The predicted molar refractivity (Wildman–Crippen MR) is 124 cm³/mol. The SMILES string of the molecule is O=C1C[C@H](c2ccc3ncccc3c2)c2cn(Cc3cccc(F)c3)c3cccc(c23)N1. The van der Waals surface area contributed by atoms with Crippen LogP contribution in [0.5, 0.6) is 0 Å². The van der Waals surface area contributed by atoms with Crippen LogP contribution in [0.3, 0.4) is 0 Å². The Balaban J connectivity index is 1.53. The summed E-state index contributed by atoms with van der Waals surface area (Å²) in [7, 11) is 0. The van der Waals surface area contributed by atoms with E-state index in [-0.39, 0.29) is 17.6 Å². The first-order valence-corrected chi connectivity index (χ1v) is 10.7. The van der Waals surface area contributed by atoms with Gasteiger partial charge < -0.3 is 9.88 Å². The number of aromatic nitrogens is 2. The van der Waals surface area contributed by atoms with Crippen molar-refractivity contribution in [1.82, 2.24) is 9.55 Å². The van der Waals surface area contributed by atoms with Gasteiger partial charge in [0, 0.05) is 42.0 Å². The minimum Gasteiger partial charge on any atom is -0.343 e. The minimum atomic E-state index is -0.240. The Bertz CT molecular complexity index is 1500. The number of amides is 1. The molecule has 0 saturated carbocycles. The molecular formula is C27H20FN3O. The summed E-state index contributed by atoms with van der Waals surface area (Å²) in [4.78, 5) is 17.2. The quantitative estimate of drug-likeness (QED) is 0.397. The molecule has 5 aromatic rings. The third-order valence-corrected chi connectivity index (χ3v) is 6.25. The van der Waals surface area contributed by atoms with Crippen LogP contribution in [0, 0.1) is 5.82 Å². The number of anilines is 1. The van der Waals surface area contributed by atoms with Gasteiger partial charge in [0.25, 0.3) is 0 Å². The van der Waals surface area contributed by atoms with Gasteiger partial charge in [0.1, 0.15) is 5.82 Å². The first-order chi connectivity index (χ1) is 15.7. The van der Waals surface area contributed by atoms with E-state index in [9.17, 15) is 9.18 Å². The summed E-state index contributed by atoms with van der Waals surface area (Å²) in [5, 5.41) is 5.19. The average Bonchev–Trinajstić information content (AvgIpc) is 3.08. The van der Waals surface area contributed by atoms with Crippen LogP contribution in [0.25, 0.3) is 21.8 Å². The second-order valence-corrected chi connectivity index (χ2v) is 8.30. The topological polar surface area (TPSA) is 46.9 Å². The van der Waals surface area contributed by atoms with Crippen LogP contribution in [0.15, 0.2) is 85.2 Å². The number of hydrogen-bond donors (Lipinski definition) is 1. The monoisotopic (exact) mass is 421 g/mol. The van der Waals surface area contributed by atoms with Crippen LogP contribution >= 0.6 is 0 Å². The molecule has 3 heterocycles. The van der Waals surface area contributed by atoms with E-state index >= 15 is 0 Å². The van der Waals surface area contributed by atoms with Crippen LogP contribution in [0.2, 0.25) is 0 Å². The van der Waals surface area contributed by atoms with E-state index in [2.05, 4.69) is 39.3 Å². The van der Waals surface area contributed by atoms with E-state index in [0.717, 1.165) is 44.2 Å². The maximum atomic E-state index is 13.8. The molecule has 0 unspecified atom stereocenters. The molecule has 1 atom stereocenters. The second kappa shape index (κ2) is 7.31. The Morgan fingerprint density at radius 3 is 2.84 bits per heavy atom. The summed E-state index contributed by atoms with van der Waals surface area (Å²) < 4.78 is 15.9. The predicted octanol–water partition coefficient (Wildman–Crippen LogP) is 5.85. The van der Waals surface area contributed by atoms with Gasteiger partial charge in [0.2, 0.25) is 5.91 Å². The summed E-state index contributed by atoms with van der Waals surface area (Å²) in [6.45, 7) is 0.556. The highest BCUT2D eigenvalue weighted by molar-refractivity contribution is 6.06. The maximum absolute atomic E-state index is 13.8. The first kappa shape index (κ1) is 18.8. The van der Waals surface area contributed by atoms with E-state index in [0.29, 0.717) is 13.0 Å². The zero-order valence-corrected chi connectivity index (χ0v) is 17.3. The van der Waals surface area contributed by atoms with Gasteiger partial charge in [-0.15, -0.1) is 0 Å². The highest BCUT2D eigenvalue weighted by atomic mass is 19.1. The molecular weight excluding hydrogens is 401 g/mol. The van der Waals surface area contributed by atoms with Crippen LogP contribution < -0.4 is 5.32 Å². The number of halogens is 1. The summed E-state index contributed by atoms with van der Waals surface area (Å²) in [6.07, 6.45) is 4.27. The van der Waals surface area contributed by atoms with Crippen LogP contribution in [-0.4, -0.2) is 15.5 Å². The normalized spacial score (nSPS) is 15.7. The number of carbonyl (C=O) groups is 1. The highest BCUT2D eigenvalue weighted by Gasteiger charge is 2.28. The fraction of sp³-hybridized carbons (Fsp3) is 0.111. The fourth-order valence-corrected chi connectivity index (χ4v) is 4.82.